The maximum absolute atomic E-state index is 12.9. The van der Waals surface area contributed by atoms with Gasteiger partial charge in [0.05, 0.1) is 32.6 Å². The van der Waals surface area contributed by atoms with Crippen molar-refractivity contribution in [3.05, 3.63) is 46.5 Å². The predicted octanol–water partition coefficient (Wildman–Crippen LogP) is 3.41. The van der Waals surface area contributed by atoms with Gasteiger partial charge >= 0.3 is 6.03 Å². The molecule has 2 amide bonds. The number of nitrogens with zero attached hydrogens (tertiary/aromatic N) is 2. The van der Waals surface area contributed by atoms with Gasteiger partial charge in [0.25, 0.3) is 0 Å². The molecule has 0 aromatic carbocycles. The van der Waals surface area contributed by atoms with E-state index in [-0.39, 0.29) is 6.03 Å². The van der Waals surface area contributed by atoms with Gasteiger partial charge in [0.1, 0.15) is 5.76 Å². The first kappa shape index (κ1) is 19.9. The molecule has 1 atom stereocenters. The van der Waals surface area contributed by atoms with E-state index in [4.69, 9.17) is 9.15 Å². The molecule has 2 aromatic heterocycles. The Hall–Kier alpha value is -1.83. The lowest BCUT2D eigenvalue weighted by Crippen LogP contribution is -2.52. The van der Waals surface area contributed by atoms with Gasteiger partial charge in [-0.3, -0.25) is 4.90 Å². The van der Waals surface area contributed by atoms with Gasteiger partial charge in [-0.2, -0.15) is 0 Å². The summed E-state index contributed by atoms with van der Waals surface area (Å²) in [4.78, 5) is 18.3. The summed E-state index contributed by atoms with van der Waals surface area (Å²) < 4.78 is 10.9. The minimum absolute atomic E-state index is 0.0568. The molecule has 27 heavy (non-hydrogen) atoms. The highest BCUT2D eigenvalue weighted by Gasteiger charge is 2.25. The van der Waals surface area contributed by atoms with Gasteiger partial charge in [0.2, 0.25) is 0 Å². The fourth-order valence-electron chi connectivity index (χ4n) is 3.38. The van der Waals surface area contributed by atoms with Gasteiger partial charge in [0.15, 0.2) is 0 Å². The average molecular weight is 392 g/mol. The number of carbonyl (C=O) groups excluding carboxylic acids is 1. The van der Waals surface area contributed by atoms with Crippen molar-refractivity contribution in [2.75, 3.05) is 32.8 Å². The summed E-state index contributed by atoms with van der Waals surface area (Å²) in [5.41, 5.74) is 0. The number of hydrogen-bond donors (Lipinski definition) is 1. The van der Waals surface area contributed by atoms with Gasteiger partial charge in [-0.25, -0.2) is 4.79 Å². The van der Waals surface area contributed by atoms with Crippen LogP contribution in [-0.2, 0) is 17.8 Å². The second kappa shape index (κ2) is 9.92. The maximum Gasteiger partial charge on any atom is 0.318 e. The number of rotatable bonds is 8. The number of hydrogen-bond acceptors (Lipinski definition) is 5. The number of amides is 2. The zero-order valence-electron chi connectivity index (χ0n) is 16.1. The molecule has 3 rings (SSSR count). The molecule has 1 fully saturated rings. The van der Waals surface area contributed by atoms with Gasteiger partial charge in [-0.15, -0.1) is 11.3 Å². The van der Waals surface area contributed by atoms with E-state index in [0.717, 1.165) is 36.9 Å². The lowest BCUT2D eigenvalue weighted by atomic mass is 10.0. The first-order valence-electron chi connectivity index (χ1n) is 9.53. The minimum atomic E-state index is -0.0568. The predicted molar refractivity (Wildman–Crippen MR) is 107 cm³/mol. The SMILES string of the molecule is CC(C)C(CNC(=O)N(Cc1ccco1)Cc1cccs1)N1CCOCC1. The number of carbonyl (C=O) groups is 1. The number of thiophene rings is 1. The molecule has 0 radical (unpaired) electrons. The molecule has 0 saturated carbocycles. The highest BCUT2D eigenvalue weighted by molar-refractivity contribution is 7.09. The first-order valence-corrected chi connectivity index (χ1v) is 10.4. The van der Waals surface area contributed by atoms with E-state index >= 15 is 0 Å². The van der Waals surface area contributed by atoms with Gasteiger partial charge < -0.3 is 19.4 Å². The van der Waals surface area contributed by atoms with Crippen molar-refractivity contribution in [3.8, 4) is 0 Å². The van der Waals surface area contributed by atoms with Gasteiger partial charge in [-0.05, 0) is 29.5 Å². The van der Waals surface area contributed by atoms with Crippen molar-refractivity contribution in [1.29, 1.82) is 0 Å². The van der Waals surface area contributed by atoms with Crippen LogP contribution in [0.5, 0.6) is 0 Å². The highest BCUT2D eigenvalue weighted by Crippen LogP contribution is 2.16. The topological polar surface area (TPSA) is 58.0 Å². The van der Waals surface area contributed by atoms with Crippen LogP contribution in [0.3, 0.4) is 0 Å². The zero-order valence-corrected chi connectivity index (χ0v) is 16.9. The number of morpholine rings is 1. The standard InChI is InChI=1S/C20H29N3O3S/c1-16(2)19(22-7-10-25-11-8-22)13-21-20(24)23(14-17-5-3-9-26-17)15-18-6-4-12-27-18/h3-6,9,12,16,19H,7-8,10-11,13-15H2,1-2H3,(H,21,24). The lowest BCUT2D eigenvalue weighted by Gasteiger charge is -2.37. The highest BCUT2D eigenvalue weighted by atomic mass is 32.1. The Labute approximate surface area is 165 Å². The molecule has 3 heterocycles. The Balaban J connectivity index is 1.61. The van der Waals surface area contributed by atoms with E-state index in [1.807, 2.05) is 23.6 Å². The van der Waals surface area contributed by atoms with Crippen LogP contribution in [0, 0.1) is 5.92 Å². The molecule has 1 aliphatic heterocycles. The van der Waals surface area contributed by atoms with E-state index in [9.17, 15) is 4.79 Å². The molecule has 2 aromatic rings. The maximum atomic E-state index is 12.9. The molecule has 7 heteroatoms. The molecular formula is C20H29N3O3S. The zero-order chi connectivity index (χ0) is 19.1. The fraction of sp³-hybridized carbons (Fsp3) is 0.550. The van der Waals surface area contributed by atoms with Gasteiger partial charge in [-0.1, -0.05) is 19.9 Å². The monoisotopic (exact) mass is 391 g/mol. The second-order valence-electron chi connectivity index (χ2n) is 7.16. The third-order valence-electron chi connectivity index (χ3n) is 4.89. The van der Waals surface area contributed by atoms with Crippen LogP contribution in [0.4, 0.5) is 4.79 Å². The van der Waals surface area contributed by atoms with Crippen molar-refractivity contribution >= 4 is 17.4 Å². The summed E-state index contributed by atoms with van der Waals surface area (Å²) in [6, 6.07) is 8.07. The molecule has 1 unspecified atom stereocenters. The van der Waals surface area contributed by atoms with Crippen LogP contribution in [0.15, 0.2) is 40.3 Å². The lowest BCUT2D eigenvalue weighted by molar-refractivity contribution is 0.00689. The minimum Gasteiger partial charge on any atom is -0.467 e. The Morgan fingerprint density at radius 1 is 1.26 bits per heavy atom. The van der Waals surface area contributed by atoms with E-state index < -0.39 is 0 Å². The first-order chi connectivity index (χ1) is 13.1. The van der Waals surface area contributed by atoms with Crippen molar-refractivity contribution in [2.45, 2.75) is 33.0 Å². The second-order valence-corrected chi connectivity index (χ2v) is 8.19. The quantitative estimate of drug-likeness (QED) is 0.749. The van der Waals surface area contributed by atoms with E-state index in [2.05, 4.69) is 30.1 Å². The van der Waals surface area contributed by atoms with Gasteiger partial charge in [0, 0.05) is 30.6 Å². The summed E-state index contributed by atoms with van der Waals surface area (Å²) in [5.74, 6) is 1.24. The van der Waals surface area contributed by atoms with Crippen LogP contribution in [0.2, 0.25) is 0 Å². The number of urea groups is 1. The summed E-state index contributed by atoms with van der Waals surface area (Å²) in [5, 5.41) is 5.19. The third kappa shape index (κ3) is 5.82. The molecule has 1 aliphatic rings. The number of nitrogens with one attached hydrogen (secondary N) is 1. The molecule has 6 nitrogen and oxygen atoms in total. The summed E-state index contributed by atoms with van der Waals surface area (Å²) in [7, 11) is 0. The molecule has 148 valence electrons. The summed E-state index contributed by atoms with van der Waals surface area (Å²) in [6.07, 6.45) is 1.64. The van der Waals surface area contributed by atoms with Crippen LogP contribution < -0.4 is 5.32 Å². The van der Waals surface area contributed by atoms with Crippen molar-refractivity contribution in [1.82, 2.24) is 15.1 Å². The Morgan fingerprint density at radius 3 is 2.70 bits per heavy atom. The Kier molecular flexibility index (Phi) is 7.32. The number of ether oxygens (including phenoxy) is 1. The fourth-order valence-corrected chi connectivity index (χ4v) is 4.10. The summed E-state index contributed by atoms with van der Waals surface area (Å²) in [6.45, 7) is 9.45. The molecular weight excluding hydrogens is 362 g/mol. The van der Waals surface area contributed by atoms with Crippen molar-refractivity contribution in [2.24, 2.45) is 5.92 Å². The normalized spacial score (nSPS) is 16.4. The average Bonchev–Trinajstić information content (AvgIpc) is 3.36. The number of furan rings is 1. The molecule has 0 bridgehead atoms. The largest absolute Gasteiger partial charge is 0.467 e. The Morgan fingerprint density at radius 2 is 2.07 bits per heavy atom. The van der Waals surface area contributed by atoms with Crippen molar-refractivity contribution in [3.63, 3.8) is 0 Å². The smallest absolute Gasteiger partial charge is 0.318 e. The van der Waals surface area contributed by atoms with Crippen LogP contribution in [0.1, 0.15) is 24.5 Å². The van der Waals surface area contributed by atoms with Crippen LogP contribution >= 0.6 is 11.3 Å². The van der Waals surface area contributed by atoms with E-state index in [0.29, 0.717) is 31.6 Å². The van der Waals surface area contributed by atoms with Crippen LogP contribution in [0.25, 0.3) is 0 Å². The molecule has 1 saturated heterocycles. The molecule has 0 aliphatic carbocycles. The summed E-state index contributed by atoms with van der Waals surface area (Å²) >= 11 is 1.66. The third-order valence-corrected chi connectivity index (χ3v) is 5.75. The van der Waals surface area contributed by atoms with Crippen molar-refractivity contribution < 1.29 is 13.9 Å². The van der Waals surface area contributed by atoms with E-state index in [1.165, 1.54) is 0 Å². The molecule has 1 N–H and O–H groups in total. The Bertz CT molecular complexity index is 630. The van der Waals surface area contributed by atoms with E-state index in [1.54, 1.807) is 22.5 Å². The van der Waals surface area contributed by atoms with Crippen LogP contribution in [-0.4, -0.2) is 54.7 Å². The molecule has 0 spiro atoms.